The molecule has 2 rings (SSSR count). The van der Waals surface area contributed by atoms with E-state index in [9.17, 15) is 0 Å². The van der Waals surface area contributed by atoms with Crippen molar-refractivity contribution in [3.63, 3.8) is 0 Å². The molecular formula is C17H20NO2+. The topological polar surface area (TPSA) is 22.3 Å². The zero-order chi connectivity index (χ0) is 14.4. The number of benzene rings is 1. The molecule has 0 saturated carbocycles. The van der Waals surface area contributed by atoms with Crippen LogP contribution in [-0.2, 0) is 6.54 Å². The van der Waals surface area contributed by atoms with Crippen molar-refractivity contribution < 1.29 is 14.0 Å². The molecule has 2 aromatic rings. The van der Waals surface area contributed by atoms with Crippen LogP contribution in [-0.4, -0.2) is 14.2 Å². The summed E-state index contributed by atoms with van der Waals surface area (Å²) < 4.78 is 12.7. The van der Waals surface area contributed by atoms with Crippen molar-refractivity contribution in [3.05, 3.63) is 53.9 Å². The highest BCUT2D eigenvalue weighted by atomic mass is 16.5. The molecule has 1 aromatic carbocycles. The molecule has 1 heterocycles. The molecule has 0 atom stereocenters. The van der Waals surface area contributed by atoms with Crippen LogP contribution in [0.1, 0.15) is 18.1 Å². The number of ether oxygens (including phenoxy) is 2. The summed E-state index contributed by atoms with van der Waals surface area (Å²) in [5, 5.41) is 0. The summed E-state index contributed by atoms with van der Waals surface area (Å²) in [5.74, 6) is 1.60. The minimum Gasteiger partial charge on any atom is -0.497 e. The predicted molar refractivity (Wildman–Crippen MR) is 80.8 cm³/mol. The Hall–Kier alpha value is -2.29. The Labute approximate surface area is 120 Å². The molecule has 20 heavy (non-hydrogen) atoms. The Morgan fingerprint density at radius 3 is 2.35 bits per heavy atom. The van der Waals surface area contributed by atoms with Crippen LogP contribution in [0.25, 0.3) is 12.2 Å². The summed E-state index contributed by atoms with van der Waals surface area (Å²) in [4.78, 5) is 0. The van der Waals surface area contributed by atoms with Crippen LogP contribution in [0.5, 0.6) is 11.5 Å². The molecule has 104 valence electrons. The zero-order valence-corrected chi connectivity index (χ0v) is 12.2. The van der Waals surface area contributed by atoms with Gasteiger partial charge in [0.2, 0.25) is 0 Å². The first-order valence-electron chi connectivity index (χ1n) is 6.66. The van der Waals surface area contributed by atoms with Gasteiger partial charge in [-0.05, 0) is 24.6 Å². The van der Waals surface area contributed by atoms with Crippen molar-refractivity contribution in [2.45, 2.75) is 13.5 Å². The zero-order valence-electron chi connectivity index (χ0n) is 12.2. The van der Waals surface area contributed by atoms with Gasteiger partial charge in [0.1, 0.15) is 18.0 Å². The van der Waals surface area contributed by atoms with E-state index in [0.29, 0.717) is 0 Å². The Morgan fingerprint density at radius 2 is 1.75 bits per heavy atom. The lowest BCUT2D eigenvalue weighted by atomic mass is 10.1. The molecule has 1 aromatic heterocycles. The second-order valence-electron chi connectivity index (χ2n) is 4.40. The molecule has 0 spiro atoms. The maximum Gasteiger partial charge on any atom is 0.169 e. The third-order valence-electron chi connectivity index (χ3n) is 3.18. The van der Waals surface area contributed by atoms with Gasteiger partial charge in [-0.2, -0.15) is 0 Å². The van der Waals surface area contributed by atoms with Gasteiger partial charge in [-0.1, -0.05) is 12.2 Å². The maximum atomic E-state index is 5.38. The summed E-state index contributed by atoms with van der Waals surface area (Å²) >= 11 is 0. The number of rotatable bonds is 5. The third-order valence-corrected chi connectivity index (χ3v) is 3.18. The lowest BCUT2D eigenvalue weighted by Crippen LogP contribution is -2.30. The Bertz CT molecular complexity index is 588. The van der Waals surface area contributed by atoms with E-state index in [1.165, 1.54) is 0 Å². The summed E-state index contributed by atoms with van der Waals surface area (Å²) in [5.41, 5.74) is 2.19. The second-order valence-corrected chi connectivity index (χ2v) is 4.40. The fraction of sp³-hybridized carbons (Fsp3) is 0.235. The molecule has 0 fully saturated rings. The van der Waals surface area contributed by atoms with E-state index in [2.05, 4.69) is 42.1 Å². The SMILES string of the molecule is CC[n+]1ccc(/C=C/c2ccc(OC)cc2OC)cc1. The molecule has 0 bridgehead atoms. The maximum absolute atomic E-state index is 5.38. The second kappa shape index (κ2) is 6.75. The number of pyridine rings is 1. The Morgan fingerprint density at radius 1 is 1.00 bits per heavy atom. The molecule has 0 aliphatic heterocycles. The van der Waals surface area contributed by atoms with Gasteiger partial charge < -0.3 is 9.47 Å². The van der Waals surface area contributed by atoms with Gasteiger partial charge in [-0.15, -0.1) is 0 Å². The summed E-state index contributed by atoms with van der Waals surface area (Å²) in [6.45, 7) is 3.11. The van der Waals surface area contributed by atoms with Crippen molar-refractivity contribution in [1.29, 1.82) is 0 Å². The van der Waals surface area contributed by atoms with Crippen LogP contribution in [0.4, 0.5) is 0 Å². The van der Waals surface area contributed by atoms with E-state index < -0.39 is 0 Å². The van der Waals surface area contributed by atoms with Crippen molar-refractivity contribution in [2.24, 2.45) is 0 Å². The van der Waals surface area contributed by atoms with E-state index in [-0.39, 0.29) is 0 Å². The molecule has 3 nitrogen and oxygen atoms in total. The summed E-state index contributed by atoms with van der Waals surface area (Å²) in [7, 11) is 3.32. The monoisotopic (exact) mass is 270 g/mol. The molecule has 3 heteroatoms. The minimum atomic E-state index is 0.794. The molecule has 0 saturated heterocycles. The molecule has 0 unspecified atom stereocenters. The normalized spacial score (nSPS) is 10.8. The first-order chi connectivity index (χ1) is 9.76. The van der Waals surface area contributed by atoms with Crippen LogP contribution in [0.15, 0.2) is 42.7 Å². The summed E-state index contributed by atoms with van der Waals surface area (Å²) in [6, 6.07) is 9.99. The average Bonchev–Trinajstić information content (AvgIpc) is 2.53. The summed E-state index contributed by atoms with van der Waals surface area (Å²) in [6.07, 6.45) is 8.27. The van der Waals surface area contributed by atoms with E-state index in [4.69, 9.17) is 9.47 Å². The largest absolute Gasteiger partial charge is 0.497 e. The van der Waals surface area contributed by atoms with E-state index in [0.717, 1.165) is 29.2 Å². The fourth-order valence-corrected chi connectivity index (χ4v) is 1.93. The van der Waals surface area contributed by atoms with Crippen LogP contribution < -0.4 is 14.0 Å². The number of aryl methyl sites for hydroxylation is 1. The van der Waals surface area contributed by atoms with Crippen LogP contribution in [0.3, 0.4) is 0 Å². The van der Waals surface area contributed by atoms with Gasteiger partial charge in [0.05, 0.1) is 14.2 Å². The predicted octanol–water partition coefficient (Wildman–Crippen LogP) is 3.18. The smallest absolute Gasteiger partial charge is 0.169 e. The minimum absolute atomic E-state index is 0.794. The van der Waals surface area contributed by atoms with E-state index in [1.807, 2.05) is 24.3 Å². The van der Waals surface area contributed by atoms with Crippen LogP contribution >= 0.6 is 0 Å². The molecule has 0 radical (unpaired) electrons. The van der Waals surface area contributed by atoms with Gasteiger partial charge in [0.15, 0.2) is 12.4 Å². The third kappa shape index (κ3) is 3.38. The molecule has 0 amide bonds. The van der Waals surface area contributed by atoms with Crippen LogP contribution in [0.2, 0.25) is 0 Å². The number of hydrogen-bond acceptors (Lipinski definition) is 2. The van der Waals surface area contributed by atoms with Gasteiger partial charge in [-0.3, -0.25) is 0 Å². The van der Waals surface area contributed by atoms with Crippen molar-refractivity contribution in [2.75, 3.05) is 14.2 Å². The first-order valence-corrected chi connectivity index (χ1v) is 6.66. The molecule has 0 N–H and O–H groups in total. The quantitative estimate of drug-likeness (QED) is 0.779. The standard InChI is InChI=1S/C17H20NO2/c1-4-18-11-9-14(10-12-18)5-6-15-7-8-16(19-2)13-17(15)20-3/h5-13H,4H2,1-3H3/q+1/b6-5+. The van der Waals surface area contributed by atoms with Crippen molar-refractivity contribution in [1.82, 2.24) is 0 Å². The van der Waals surface area contributed by atoms with Crippen molar-refractivity contribution in [3.8, 4) is 11.5 Å². The Kier molecular flexibility index (Phi) is 4.77. The lowest BCUT2D eigenvalue weighted by Gasteiger charge is -2.07. The van der Waals surface area contributed by atoms with Gasteiger partial charge >= 0.3 is 0 Å². The first kappa shape index (κ1) is 14.1. The average molecular weight is 270 g/mol. The molecule has 0 aliphatic carbocycles. The number of nitrogens with zero attached hydrogens (tertiary/aromatic N) is 1. The van der Waals surface area contributed by atoms with Gasteiger partial charge in [0, 0.05) is 23.8 Å². The van der Waals surface area contributed by atoms with Crippen molar-refractivity contribution >= 4 is 12.2 Å². The van der Waals surface area contributed by atoms with E-state index >= 15 is 0 Å². The van der Waals surface area contributed by atoms with Gasteiger partial charge in [0.25, 0.3) is 0 Å². The number of methoxy groups -OCH3 is 2. The highest BCUT2D eigenvalue weighted by molar-refractivity contribution is 5.72. The molecule has 0 aliphatic rings. The lowest BCUT2D eigenvalue weighted by molar-refractivity contribution is -0.693. The fourth-order valence-electron chi connectivity index (χ4n) is 1.93. The van der Waals surface area contributed by atoms with E-state index in [1.54, 1.807) is 14.2 Å². The highest BCUT2D eigenvalue weighted by Crippen LogP contribution is 2.26. The molecular weight excluding hydrogens is 250 g/mol. The highest BCUT2D eigenvalue weighted by Gasteiger charge is 2.02. The number of aromatic nitrogens is 1. The Balaban J connectivity index is 2.21. The number of hydrogen-bond donors (Lipinski definition) is 0. The van der Waals surface area contributed by atoms with Gasteiger partial charge in [-0.25, -0.2) is 4.57 Å². The van der Waals surface area contributed by atoms with Crippen LogP contribution in [0, 0.1) is 0 Å².